The lowest BCUT2D eigenvalue weighted by Crippen LogP contribution is -2.37. The first-order valence-corrected chi connectivity index (χ1v) is 8.15. The van der Waals surface area contributed by atoms with Gasteiger partial charge in [-0.15, -0.1) is 0 Å². The van der Waals surface area contributed by atoms with E-state index in [9.17, 15) is 13.2 Å². The van der Waals surface area contributed by atoms with Crippen molar-refractivity contribution in [2.45, 2.75) is 31.7 Å². The Bertz CT molecular complexity index is 585. The van der Waals surface area contributed by atoms with E-state index in [1.165, 1.54) is 18.2 Å². The average molecular weight is 349 g/mol. The molecule has 0 fully saturated rings. The first kappa shape index (κ1) is 16.1. The maximum absolute atomic E-state index is 12.4. The molecule has 106 valence electrons. The second-order valence-corrected chi connectivity index (χ2v) is 6.79. The van der Waals surface area contributed by atoms with Gasteiger partial charge in [0.15, 0.2) is 0 Å². The van der Waals surface area contributed by atoms with Gasteiger partial charge in [0.25, 0.3) is 5.91 Å². The van der Waals surface area contributed by atoms with E-state index in [0.29, 0.717) is 16.6 Å². The molecular weight excluding hydrogens is 332 g/mol. The summed E-state index contributed by atoms with van der Waals surface area (Å²) >= 11 is 3.26. The molecule has 5 nitrogen and oxygen atoms in total. The van der Waals surface area contributed by atoms with Crippen LogP contribution in [0.5, 0.6) is 0 Å². The smallest absolute Gasteiger partial charge is 0.255 e. The van der Waals surface area contributed by atoms with E-state index in [-0.39, 0.29) is 16.8 Å². The molecule has 0 aliphatic carbocycles. The molecule has 0 bridgehead atoms. The van der Waals surface area contributed by atoms with Crippen LogP contribution >= 0.6 is 15.9 Å². The van der Waals surface area contributed by atoms with Crippen molar-refractivity contribution in [3.05, 3.63) is 28.2 Å². The van der Waals surface area contributed by atoms with Crippen molar-refractivity contribution >= 4 is 31.9 Å². The fourth-order valence-electron chi connectivity index (χ4n) is 1.74. The van der Waals surface area contributed by atoms with Gasteiger partial charge in [0, 0.05) is 17.1 Å². The molecule has 1 rings (SSSR count). The van der Waals surface area contributed by atoms with E-state index in [1.807, 2.05) is 20.8 Å². The van der Waals surface area contributed by atoms with Gasteiger partial charge in [-0.25, -0.2) is 13.6 Å². The number of carbonyl (C=O) groups is 1. The molecule has 0 spiro atoms. The van der Waals surface area contributed by atoms with Crippen molar-refractivity contribution in [1.82, 2.24) is 4.90 Å². The van der Waals surface area contributed by atoms with Crippen LogP contribution in [0, 0.1) is 0 Å². The standard InChI is InChI=1S/C12H17BrN2O3S/c1-4-15(8(2)3)12(16)10-7-9(19(14,17)18)5-6-11(10)13/h5-8H,4H2,1-3H3,(H2,14,17,18). The Morgan fingerprint density at radius 2 is 2.00 bits per heavy atom. The van der Waals surface area contributed by atoms with E-state index in [0.717, 1.165) is 0 Å². The van der Waals surface area contributed by atoms with Crippen LogP contribution in [0.2, 0.25) is 0 Å². The van der Waals surface area contributed by atoms with Gasteiger partial charge in [-0.05, 0) is 54.9 Å². The Balaban J connectivity index is 3.30. The molecule has 7 heteroatoms. The van der Waals surface area contributed by atoms with Gasteiger partial charge in [0.05, 0.1) is 10.5 Å². The lowest BCUT2D eigenvalue weighted by Gasteiger charge is -2.25. The molecule has 0 unspecified atom stereocenters. The summed E-state index contributed by atoms with van der Waals surface area (Å²) in [5.74, 6) is -0.227. The summed E-state index contributed by atoms with van der Waals surface area (Å²) < 4.78 is 23.2. The van der Waals surface area contributed by atoms with Crippen LogP contribution in [0.4, 0.5) is 0 Å². The van der Waals surface area contributed by atoms with Crippen LogP contribution in [-0.2, 0) is 10.0 Å². The fourth-order valence-corrected chi connectivity index (χ4v) is 2.70. The number of nitrogens with zero attached hydrogens (tertiary/aromatic N) is 1. The van der Waals surface area contributed by atoms with Gasteiger partial charge >= 0.3 is 0 Å². The summed E-state index contributed by atoms with van der Waals surface area (Å²) in [7, 11) is -3.82. The molecule has 0 radical (unpaired) electrons. The fraction of sp³-hybridized carbons (Fsp3) is 0.417. The zero-order valence-electron chi connectivity index (χ0n) is 11.1. The van der Waals surface area contributed by atoms with E-state index in [1.54, 1.807) is 4.90 Å². The molecular formula is C12H17BrN2O3S. The van der Waals surface area contributed by atoms with Crippen LogP contribution in [0.1, 0.15) is 31.1 Å². The molecule has 19 heavy (non-hydrogen) atoms. The Morgan fingerprint density at radius 1 is 1.42 bits per heavy atom. The van der Waals surface area contributed by atoms with Gasteiger partial charge in [0.2, 0.25) is 10.0 Å². The molecule has 0 aromatic heterocycles. The SMILES string of the molecule is CCN(C(=O)c1cc(S(N)(=O)=O)ccc1Br)C(C)C. The Kier molecular flexibility index (Phi) is 5.11. The number of benzene rings is 1. The summed E-state index contributed by atoms with van der Waals surface area (Å²) in [6.45, 7) is 6.22. The zero-order chi connectivity index (χ0) is 14.8. The normalized spacial score (nSPS) is 11.7. The zero-order valence-corrected chi connectivity index (χ0v) is 13.5. The van der Waals surface area contributed by atoms with Crippen molar-refractivity contribution in [3.63, 3.8) is 0 Å². The van der Waals surface area contributed by atoms with Crippen molar-refractivity contribution in [3.8, 4) is 0 Å². The molecule has 0 aliphatic rings. The minimum Gasteiger partial charge on any atom is -0.336 e. The number of halogens is 1. The maximum atomic E-state index is 12.4. The largest absolute Gasteiger partial charge is 0.336 e. The van der Waals surface area contributed by atoms with Gasteiger partial charge in [-0.2, -0.15) is 0 Å². The van der Waals surface area contributed by atoms with Crippen LogP contribution in [-0.4, -0.2) is 31.8 Å². The van der Waals surface area contributed by atoms with E-state index in [2.05, 4.69) is 15.9 Å². The second kappa shape index (κ2) is 6.02. The number of hydrogen-bond acceptors (Lipinski definition) is 3. The van der Waals surface area contributed by atoms with Crippen LogP contribution in [0.15, 0.2) is 27.6 Å². The topological polar surface area (TPSA) is 80.5 Å². The molecule has 0 heterocycles. The molecule has 2 N–H and O–H groups in total. The number of rotatable bonds is 4. The van der Waals surface area contributed by atoms with Gasteiger partial charge in [-0.1, -0.05) is 0 Å². The highest BCUT2D eigenvalue weighted by Gasteiger charge is 2.21. The number of primary sulfonamides is 1. The highest BCUT2D eigenvalue weighted by molar-refractivity contribution is 9.10. The Labute approximate surface area is 122 Å². The molecule has 1 aromatic carbocycles. The number of hydrogen-bond donors (Lipinski definition) is 1. The molecule has 0 saturated carbocycles. The highest BCUT2D eigenvalue weighted by atomic mass is 79.9. The summed E-state index contributed by atoms with van der Waals surface area (Å²) in [5, 5.41) is 5.08. The summed E-state index contributed by atoms with van der Waals surface area (Å²) in [6, 6.07) is 4.21. The predicted octanol–water partition coefficient (Wildman–Crippen LogP) is 1.97. The third kappa shape index (κ3) is 3.77. The Morgan fingerprint density at radius 3 is 2.42 bits per heavy atom. The van der Waals surface area contributed by atoms with Crippen molar-refractivity contribution in [1.29, 1.82) is 0 Å². The van der Waals surface area contributed by atoms with Crippen LogP contribution < -0.4 is 5.14 Å². The molecule has 1 aromatic rings. The van der Waals surface area contributed by atoms with E-state index >= 15 is 0 Å². The lowest BCUT2D eigenvalue weighted by atomic mass is 10.1. The minimum atomic E-state index is -3.82. The summed E-state index contributed by atoms with van der Waals surface area (Å²) in [4.78, 5) is 14.0. The van der Waals surface area contributed by atoms with Crippen molar-refractivity contribution < 1.29 is 13.2 Å². The summed E-state index contributed by atoms with van der Waals surface area (Å²) in [6.07, 6.45) is 0. The highest BCUT2D eigenvalue weighted by Crippen LogP contribution is 2.22. The third-order valence-electron chi connectivity index (χ3n) is 2.72. The van der Waals surface area contributed by atoms with E-state index in [4.69, 9.17) is 5.14 Å². The van der Waals surface area contributed by atoms with Gasteiger partial charge in [0.1, 0.15) is 0 Å². The lowest BCUT2D eigenvalue weighted by molar-refractivity contribution is 0.0715. The number of nitrogens with two attached hydrogens (primary N) is 1. The molecule has 0 atom stereocenters. The molecule has 0 aliphatic heterocycles. The molecule has 1 amide bonds. The van der Waals surface area contributed by atoms with Crippen molar-refractivity contribution in [2.75, 3.05) is 6.54 Å². The number of amides is 1. The average Bonchev–Trinajstić information content (AvgIpc) is 2.28. The van der Waals surface area contributed by atoms with Crippen LogP contribution in [0.3, 0.4) is 0 Å². The van der Waals surface area contributed by atoms with Gasteiger partial charge < -0.3 is 4.90 Å². The monoisotopic (exact) mass is 348 g/mol. The maximum Gasteiger partial charge on any atom is 0.255 e. The third-order valence-corrected chi connectivity index (χ3v) is 4.32. The molecule has 0 saturated heterocycles. The quantitative estimate of drug-likeness (QED) is 0.902. The second-order valence-electron chi connectivity index (χ2n) is 4.37. The number of sulfonamides is 1. The predicted molar refractivity (Wildman–Crippen MR) is 77.4 cm³/mol. The first-order valence-electron chi connectivity index (χ1n) is 5.81. The minimum absolute atomic E-state index is 0.0301. The van der Waals surface area contributed by atoms with Gasteiger partial charge in [-0.3, -0.25) is 4.79 Å². The van der Waals surface area contributed by atoms with E-state index < -0.39 is 10.0 Å². The first-order chi connectivity index (χ1) is 8.68. The number of carbonyl (C=O) groups excluding carboxylic acids is 1. The van der Waals surface area contributed by atoms with Crippen molar-refractivity contribution in [2.24, 2.45) is 5.14 Å². The van der Waals surface area contributed by atoms with Crippen LogP contribution in [0.25, 0.3) is 0 Å². The Hall–Kier alpha value is -0.920. The summed E-state index contributed by atoms with van der Waals surface area (Å²) in [5.41, 5.74) is 0.294.